The Balaban J connectivity index is 1.96. The van der Waals surface area contributed by atoms with Gasteiger partial charge in [0.05, 0.1) is 14.2 Å². The summed E-state index contributed by atoms with van der Waals surface area (Å²) < 4.78 is 10.7. The molecule has 1 aliphatic rings. The zero-order valence-electron chi connectivity index (χ0n) is 16.1. The molecule has 2 amide bonds. The third kappa shape index (κ3) is 4.19. The number of nitrogens with two attached hydrogens (primary N) is 1. The van der Waals surface area contributed by atoms with Crippen molar-refractivity contribution >= 4 is 17.5 Å². The Hall–Kier alpha value is -3.22. The minimum Gasteiger partial charge on any atom is -0.493 e. The van der Waals surface area contributed by atoms with E-state index in [1.807, 2.05) is 11.0 Å². The molecule has 3 rings (SSSR count). The van der Waals surface area contributed by atoms with E-state index >= 15 is 0 Å². The molecule has 0 aliphatic carbocycles. The summed E-state index contributed by atoms with van der Waals surface area (Å²) in [6.07, 6.45) is 2.00. The van der Waals surface area contributed by atoms with Gasteiger partial charge in [-0.1, -0.05) is 12.1 Å². The fourth-order valence-electron chi connectivity index (χ4n) is 3.37. The van der Waals surface area contributed by atoms with E-state index in [1.165, 1.54) is 0 Å². The molecule has 28 heavy (non-hydrogen) atoms. The van der Waals surface area contributed by atoms with Crippen molar-refractivity contribution in [1.29, 1.82) is 0 Å². The van der Waals surface area contributed by atoms with Gasteiger partial charge in [-0.3, -0.25) is 9.59 Å². The minimum atomic E-state index is -0.624. The number of nitrogens with one attached hydrogen (secondary N) is 1. The van der Waals surface area contributed by atoms with Crippen LogP contribution < -0.4 is 20.5 Å². The number of primary amides is 1. The molecule has 0 unspecified atom stereocenters. The number of benzene rings is 2. The Kier molecular flexibility index (Phi) is 6.03. The monoisotopic (exact) mass is 383 g/mol. The van der Waals surface area contributed by atoms with Gasteiger partial charge >= 0.3 is 0 Å². The molecule has 1 atom stereocenters. The summed E-state index contributed by atoms with van der Waals surface area (Å²) in [6, 6.07) is 11.6. The first-order valence-corrected chi connectivity index (χ1v) is 9.20. The second-order valence-corrected chi connectivity index (χ2v) is 6.67. The standard InChI is InChI=1S/C21H25N3O4/c1-27-17-9-8-14(13-18(17)28-2)19(21(26)24-10-3-4-11-24)23-16-7-5-6-15(12-16)20(22)25/h5-9,12-13,19,23H,3-4,10-11H2,1-2H3,(H2,22,25)/t19-/m0/s1. The molecule has 1 saturated heterocycles. The molecule has 3 N–H and O–H groups in total. The molecule has 2 aromatic carbocycles. The average Bonchev–Trinajstić information content (AvgIpc) is 3.26. The predicted molar refractivity (Wildman–Crippen MR) is 107 cm³/mol. The molecule has 0 radical (unpaired) electrons. The molecular formula is C21H25N3O4. The van der Waals surface area contributed by atoms with Gasteiger partial charge in [0.15, 0.2) is 11.5 Å². The van der Waals surface area contributed by atoms with Crippen molar-refractivity contribution < 1.29 is 19.1 Å². The van der Waals surface area contributed by atoms with E-state index in [-0.39, 0.29) is 5.91 Å². The second-order valence-electron chi connectivity index (χ2n) is 6.67. The molecule has 1 aliphatic heterocycles. The molecule has 148 valence electrons. The molecule has 1 heterocycles. The number of rotatable bonds is 7. The molecule has 2 aromatic rings. The van der Waals surface area contributed by atoms with Crippen LogP contribution in [-0.2, 0) is 4.79 Å². The van der Waals surface area contributed by atoms with Crippen molar-refractivity contribution in [2.24, 2.45) is 5.73 Å². The van der Waals surface area contributed by atoms with E-state index in [4.69, 9.17) is 15.2 Å². The topological polar surface area (TPSA) is 93.9 Å². The Labute approximate surface area is 164 Å². The van der Waals surface area contributed by atoms with Gasteiger partial charge in [-0.15, -0.1) is 0 Å². The van der Waals surface area contributed by atoms with Gasteiger partial charge in [0.1, 0.15) is 6.04 Å². The van der Waals surface area contributed by atoms with Gasteiger partial charge in [-0.2, -0.15) is 0 Å². The van der Waals surface area contributed by atoms with E-state index in [0.29, 0.717) is 22.7 Å². The van der Waals surface area contributed by atoms with Crippen molar-refractivity contribution in [3.63, 3.8) is 0 Å². The summed E-state index contributed by atoms with van der Waals surface area (Å²) in [5, 5.41) is 3.26. The maximum atomic E-state index is 13.2. The number of likely N-dealkylation sites (tertiary alicyclic amines) is 1. The van der Waals surface area contributed by atoms with Crippen LogP contribution >= 0.6 is 0 Å². The van der Waals surface area contributed by atoms with Crippen molar-refractivity contribution in [3.8, 4) is 11.5 Å². The van der Waals surface area contributed by atoms with Crippen LogP contribution in [-0.4, -0.2) is 44.0 Å². The van der Waals surface area contributed by atoms with Crippen LogP contribution in [0, 0.1) is 0 Å². The van der Waals surface area contributed by atoms with Crippen LogP contribution in [0.15, 0.2) is 42.5 Å². The summed E-state index contributed by atoms with van der Waals surface area (Å²) in [5.41, 5.74) is 7.15. The van der Waals surface area contributed by atoms with Crippen molar-refractivity contribution in [2.45, 2.75) is 18.9 Å². The number of carbonyl (C=O) groups is 2. The number of hydrogen-bond acceptors (Lipinski definition) is 5. The molecule has 0 bridgehead atoms. The number of methoxy groups -OCH3 is 2. The van der Waals surface area contributed by atoms with E-state index in [9.17, 15) is 9.59 Å². The number of ether oxygens (including phenoxy) is 2. The Morgan fingerprint density at radius 3 is 2.39 bits per heavy atom. The fourth-order valence-corrected chi connectivity index (χ4v) is 3.37. The third-order valence-corrected chi connectivity index (χ3v) is 4.86. The summed E-state index contributed by atoms with van der Waals surface area (Å²) in [6.45, 7) is 1.48. The Bertz CT molecular complexity index is 862. The highest BCUT2D eigenvalue weighted by molar-refractivity contribution is 5.94. The van der Waals surface area contributed by atoms with Gasteiger partial charge in [0, 0.05) is 24.3 Å². The number of hydrogen-bond donors (Lipinski definition) is 2. The molecule has 0 spiro atoms. The highest BCUT2D eigenvalue weighted by atomic mass is 16.5. The molecule has 0 saturated carbocycles. The van der Waals surface area contributed by atoms with E-state index in [1.54, 1.807) is 50.6 Å². The van der Waals surface area contributed by atoms with Crippen LogP contribution in [0.3, 0.4) is 0 Å². The highest BCUT2D eigenvalue weighted by Gasteiger charge is 2.28. The molecular weight excluding hydrogens is 358 g/mol. The van der Waals surface area contributed by atoms with Gasteiger partial charge < -0.3 is 25.4 Å². The SMILES string of the molecule is COc1ccc([C@H](Nc2cccc(C(N)=O)c2)C(=O)N2CCCC2)cc1OC. The van der Waals surface area contributed by atoms with Crippen molar-refractivity contribution in [2.75, 3.05) is 32.6 Å². The van der Waals surface area contributed by atoms with Gasteiger partial charge in [0.25, 0.3) is 0 Å². The molecule has 7 heteroatoms. The number of nitrogens with zero attached hydrogens (tertiary/aromatic N) is 1. The lowest BCUT2D eigenvalue weighted by atomic mass is 10.0. The number of carbonyl (C=O) groups excluding carboxylic acids is 2. The zero-order valence-corrected chi connectivity index (χ0v) is 16.1. The Morgan fingerprint density at radius 2 is 1.75 bits per heavy atom. The number of anilines is 1. The van der Waals surface area contributed by atoms with Crippen LogP contribution in [0.4, 0.5) is 5.69 Å². The van der Waals surface area contributed by atoms with Crippen LogP contribution in [0.1, 0.15) is 34.8 Å². The third-order valence-electron chi connectivity index (χ3n) is 4.86. The van der Waals surface area contributed by atoms with E-state index in [0.717, 1.165) is 31.5 Å². The van der Waals surface area contributed by atoms with E-state index in [2.05, 4.69) is 5.32 Å². The second kappa shape index (κ2) is 8.65. The van der Waals surface area contributed by atoms with E-state index < -0.39 is 11.9 Å². The minimum absolute atomic E-state index is 0.0193. The lowest BCUT2D eigenvalue weighted by Gasteiger charge is -2.26. The first kappa shape index (κ1) is 19.5. The van der Waals surface area contributed by atoms with Crippen molar-refractivity contribution in [1.82, 2.24) is 4.90 Å². The summed E-state index contributed by atoms with van der Waals surface area (Å²) in [4.78, 5) is 26.6. The predicted octanol–water partition coefficient (Wildman–Crippen LogP) is 2.58. The lowest BCUT2D eigenvalue weighted by Crippen LogP contribution is -2.36. The first-order chi connectivity index (χ1) is 13.5. The number of amides is 2. The average molecular weight is 383 g/mol. The largest absolute Gasteiger partial charge is 0.493 e. The maximum Gasteiger partial charge on any atom is 0.249 e. The molecule has 0 aromatic heterocycles. The quantitative estimate of drug-likeness (QED) is 0.766. The maximum absolute atomic E-state index is 13.2. The molecule has 1 fully saturated rings. The van der Waals surface area contributed by atoms with Crippen LogP contribution in [0.2, 0.25) is 0 Å². The van der Waals surface area contributed by atoms with Gasteiger partial charge in [-0.25, -0.2) is 0 Å². The summed E-state index contributed by atoms with van der Waals surface area (Å²) >= 11 is 0. The fraction of sp³-hybridized carbons (Fsp3) is 0.333. The molecule has 7 nitrogen and oxygen atoms in total. The summed E-state index contributed by atoms with van der Waals surface area (Å²) in [5.74, 6) is 0.604. The Morgan fingerprint density at radius 1 is 1.04 bits per heavy atom. The highest BCUT2D eigenvalue weighted by Crippen LogP contribution is 2.32. The first-order valence-electron chi connectivity index (χ1n) is 9.20. The zero-order chi connectivity index (χ0) is 20.1. The lowest BCUT2D eigenvalue weighted by molar-refractivity contribution is -0.131. The van der Waals surface area contributed by atoms with Crippen molar-refractivity contribution in [3.05, 3.63) is 53.6 Å². The summed E-state index contributed by atoms with van der Waals surface area (Å²) in [7, 11) is 3.13. The normalized spacial score (nSPS) is 14.4. The van der Waals surface area contributed by atoms with Crippen LogP contribution in [0.25, 0.3) is 0 Å². The van der Waals surface area contributed by atoms with Crippen LogP contribution in [0.5, 0.6) is 11.5 Å². The van der Waals surface area contributed by atoms with Gasteiger partial charge in [0.2, 0.25) is 11.8 Å². The smallest absolute Gasteiger partial charge is 0.249 e. The van der Waals surface area contributed by atoms with Gasteiger partial charge in [-0.05, 0) is 48.7 Å².